The van der Waals surface area contributed by atoms with E-state index in [4.69, 9.17) is 0 Å². The van der Waals surface area contributed by atoms with E-state index in [0.29, 0.717) is 18.8 Å². The van der Waals surface area contributed by atoms with Crippen molar-refractivity contribution in [1.29, 1.82) is 0 Å². The van der Waals surface area contributed by atoms with Crippen LogP contribution in [0.15, 0.2) is 6.20 Å². The number of rotatable bonds is 4. The number of aryl methyl sites for hydroxylation is 1. The van der Waals surface area contributed by atoms with Crippen molar-refractivity contribution in [3.63, 3.8) is 0 Å². The Morgan fingerprint density at radius 1 is 1.35 bits per heavy atom. The van der Waals surface area contributed by atoms with Crippen molar-refractivity contribution in [2.75, 3.05) is 24.3 Å². The zero-order chi connectivity index (χ0) is 14.8. The highest BCUT2D eigenvalue weighted by molar-refractivity contribution is 5.82. The molecule has 1 heterocycles. The molecule has 0 amide bonds. The molecule has 2 rings (SSSR count). The highest BCUT2D eigenvalue weighted by atomic mass is 16.4. The minimum Gasteiger partial charge on any atom is -0.480 e. The van der Waals surface area contributed by atoms with Crippen LogP contribution in [0.25, 0.3) is 0 Å². The fraction of sp³-hybridized carbons (Fsp3) is 0.643. The van der Waals surface area contributed by atoms with E-state index < -0.39 is 11.5 Å². The molecule has 1 fully saturated rings. The first-order valence-corrected chi connectivity index (χ1v) is 6.97. The summed E-state index contributed by atoms with van der Waals surface area (Å²) in [6, 6.07) is 0. The average molecular weight is 278 g/mol. The second-order valence-electron chi connectivity index (χ2n) is 5.67. The van der Waals surface area contributed by atoms with Gasteiger partial charge in [0.15, 0.2) is 0 Å². The van der Waals surface area contributed by atoms with Gasteiger partial charge in [-0.2, -0.15) is 4.98 Å². The summed E-state index contributed by atoms with van der Waals surface area (Å²) < 4.78 is 0. The molecule has 2 N–H and O–H groups in total. The number of nitrogens with one attached hydrogen (secondary N) is 1. The van der Waals surface area contributed by atoms with Crippen LogP contribution in [-0.2, 0) is 4.79 Å². The molecular formula is C14H22N4O2. The van der Waals surface area contributed by atoms with Gasteiger partial charge in [0.05, 0.1) is 0 Å². The quantitative estimate of drug-likeness (QED) is 0.877. The van der Waals surface area contributed by atoms with Crippen LogP contribution in [0.2, 0.25) is 0 Å². The molecule has 0 unspecified atom stereocenters. The molecule has 0 atom stereocenters. The summed E-state index contributed by atoms with van der Waals surface area (Å²) in [6.07, 6.45) is 5.91. The van der Waals surface area contributed by atoms with E-state index in [9.17, 15) is 9.90 Å². The number of carboxylic acids is 1. The van der Waals surface area contributed by atoms with Crippen LogP contribution in [0.3, 0.4) is 0 Å². The second-order valence-corrected chi connectivity index (χ2v) is 5.67. The summed E-state index contributed by atoms with van der Waals surface area (Å²) in [5.41, 5.74) is 0.0467. The Labute approximate surface area is 119 Å². The van der Waals surface area contributed by atoms with Gasteiger partial charge < -0.3 is 15.3 Å². The largest absolute Gasteiger partial charge is 0.480 e. The van der Waals surface area contributed by atoms with Gasteiger partial charge in [-0.25, -0.2) is 9.78 Å². The van der Waals surface area contributed by atoms with Crippen LogP contribution in [0.1, 0.15) is 37.7 Å². The minimum atomic E-state index is -0.920. The van der Waals surface area contributed by atoms with E-state index in [1.54, 1.807) is 6.20 Å². The number of hydrogen-bond acceptors (Lipinski definition) is 5. The average Bonchev–Trinajstić information content (AvgIpc) is 2.41. The van der Waals surface area contributed by atoms with Crippen molar-refractivity contribution in [3.05, 3.63) is 11.8 Å². The first kappa shape index (κ1) is 14.6. The Bertz CT molecular complexity index is 496. The van der Waals surface area contributed by atoms with Gasteiger partial charge in [-0.3, -0.25) is 0 Å². The normalized spacial score (nSPS) is 17.6. The zero-order valence-electron chi connectivity index (χ0n) is 12.3. The lowest BCUT2D eigenvalue weighted by molar-refractivity contribution is -0.143. The van der Waals surface area contributed by atoms with E-state index >= 15 is 0 Å². The Hall–Kier alpha value is -1.85. The lowest BCUT2D eigenvalue weighted by Gasteiger charge is -2.34. The number of carbonyl (C=O) groups is 1. The zero-order valence-corrected chi connectivity index (χ0v) is 12.3. The van der Waals surface area contributed by atoms with Gasteiger partial charge >= 0.3 is 5.97 Å². The number of nitrogens with zero attached hydrogens (tertiary/aromatic N) is 3. The van der Waals surface area contributed by atoms with Gasteiger partial charge in [0, 0.05) is 25.9 Å². The molecule has 1 aromatic heterocycles. The lowest BCUT2D eigenvalue weighted by Crippen LogP contribution is -2.48. The maximum atomic E-state index is 11.6. The number of carboxylic acid groups (broad SMARTS) is 1. The molecule has 0 saturated heterocycles. The van der Waals surface area contributed by atoms with Gasteiger partial charge in [-0.05, 0) is 19.8 Å². The Kier molecular flexibility index (Phi) is 4.11. The van der Waals surface area contributed by atoms with E-state index in [0.717, 1.165) is 30.6 Å². The van der Waals surface area contributed by atoms with Crippen molar-refractivity contribution >= 4 is 17.7 Å². The van der Waals surface area contributed by atoms with Crippen LogP contribution in [0.5, 0.6) is 0 Å². The molecule has 6 nitrogen and oxygen atoms in total. The van der Waals surface area contributed by atoms with E-state index in [2.05, 4.69) is 15.3 Å². The van der Waals surface area contributed by atoms with Gasteiger partial charge in [-0.15, -0.1) is 0 Å². The molecule has 1 saturated carbocycles. The number of aromatic nitrogens is 2. The van der Waals surface area contributed by atoms with Crippen molar-refractivity contribution in [3.8, 4) is 0 Å². The van der Waals surface area contributed by atoms with Gasteiger partial charge in [0.1, 0.15) is 11.4 Å². The Morgan fingerprint density at radius 2 is 2.00 bits per heavy atom. The predicted octanol–water partition coefficient (Wildman–Crippen LogP) is 2.05. The fourth-order valence-corrected chi connectivity index (χ4v) is 2.71. The van der Waals surface area contributed by atoms with Crippen molar-refractivity contribution in [2.45, 2.75) is 44.6 Å². The molecule has 0 spiro atoms. The lowest BCUT2D eigenvalue weighted by atomic mass is 9.82. The van der Waals surface area contributed by atoms with Crippen molar-refractivity contribution in [1.82, 2.24) is 9.97 Å². The summed E-state index contributed by atoms with van der Waals surface area (Å²) in [4.78, 5) is 22.2. The molecule has 20 heavy (non-hydrogen) atoms. The molecule has 6 heteroatoms. The van der Waals surface area contributed by atoms with E-state index in [1.807, 2.05) is 25.9 Å². The molecule has 110 valence electrons. The molecule has 1 aliphatic rings. The Morgan fingerprint density at radius 3 is 2.55 bits per heavy atom. The monoisotopic (exact) mass is 278 g/mol. The van der Waals surface area contributed by atoms with E-state index in [-0.39, 0.29) is 0 Å². The van der Waals surface area contributed by atoms with Crippen molar-refractivity contribution < 1.29 is 9.90 Å². The summed E-state index contributed by atoms with van der Waals surface area (Å²) in [5.74, 6) is 0.384. The molecule has 0 aliphatic heterocycles. The highest BCUT2D eigenvalue weighted by Crippen LogP contribution is 2.31. The van der Waals surface area contributed by atoms with Crippen LogP contribution < -0.4 is 10.2 Å². The topological polar surface area (TPSA) is 78.3 Å². The third-order valence-corrected chi connectivity index (χ3v) is 3.84. The third kappa shape index (κ3) is 2.84. The number of anilines is 2. The number of aliphatic carboxylic acids is 1. The summed E-state index contributed by atoms with van der Waals surface area (Å²) in [7, 11) is 3.82. The molecule has 0 bridgehead atoms. The SMILES string of the molecule is Cc1cnc(NC2(C(=O)O)CCCCC2)nc1N(C)C. The van der Waals surface area contributed by atoms with Crippen LogP contribution in [0, 0.1) is 6.92 Å². The van der Waals surface area contributed by atoms with Gasteiger partial charge in [-0.1, -0.05) is 19.3 Å². The fourth-order valence-electron chi connectivity index (χ4n) is 2.71. The third-order valence-electron chi connectivity index (χ3n) is 3.84. The standard InChI is InChI=1S/C14H22N4O2/c1-10-9-15-13(16-11(10)18(2)3)17-14(12(19)20)7-5-4-6-8-14/h9H,4-8H2,1-3H3,(H,19,20)(H,15,16,17). The Balaban J connectivity index is 2.27. The minimum absolute atomic E-state index is 0.392. The molecule has 0 radical (unpaired) electrons. The molecule has 0 aromatic carbocycles. The first-order chi connectivity index (χ1) is 9.44. The van der Waals surface area contributed by atoms with E-state index in [1.165, 1.54) is 0 Å². The molecular weight excluding hydrogens is 256 g/mol. The predicted molar refractivity (Wildman–Crippen MR) is 78.2 cm³/mol. The smallest absolute Gasteiger partial charge is 0.329 e. The van der Waals surface area contributed by atoms with Crippen LogP contribution in [0.4, 0.5) is 11.8 Å². The molecule has 1 aromatic rings. The second kappa shape index (κ2) is 5.64. The summed E-state index contributed by atoms with van der Waals surface area (Å²) in [6.45, 7) is 1.94. The first-order valence-electron chi connectivity index (χ1n) is 6.97. The summed E-state index contributed by atoms with van der Waals surface area (Å²) in [5, 5.41) is 12.6. The summed E-state index contributed by atoms with van der Waals surface area (Å²) >= 11 is 0. The molecule has 1 aliphatic carbocycles. The van der Waals surface area contributed by atoms with Gasteiger partial charge in [0.2, 0.25) is 5.95 Å². The van der Waals surface area contributed by atoms with Crippen molar-refractivity contribution in [2.24, 2.45) is 0 Å². The highest BCUT2D eigenvalue weighted by Gasteiger charge is 2.40. The maximum Gasteiger partial charge on any atom is 0.329 e. The van der Waals surface area contributed by atoms with Crippen LogP contribution in [-0.4, -0.2) is 40.7 Å². The maximum absolute atomic E-state index is 11.6. The van der Waals surface area contributed by atoms with Crippen LogP contribution >= 0.6 is 0 Å². The number of hydrogen-bond donors (Lipinski definition) is 2. The van der Waals surface area contributed by atoms with Gasteiger partial charge in [0.25, 0.3) is 0 Å².